The molecule has 3 aromatic rings. The molecule has 3 N–H and O–H groups in total. The molecule has 102 valence electrons. The van der Waals surface area contributed by atoms with Crippen LogP contribution in [-0.2, 0) is 0 Å². The van der Waals surface area contributed by atoms with E-state index >= 15 is 0 Å². The standard InChI is InChI=1S/C15H10BrN5/c16-10-2-1-3-12(4-10)21-14-9(6-17)7-19-15-13(14)5-11(18)8-20-15/h1-5,7-8H,18H2,(H,19,20,21). The van der Waals surface area contributed by atoms with Crippen LogP contribution in [0.3, 0.4) is 0 Å². The van der Waals surface area contributed by atoms with Gasteiger partial charge in [0.25, 0.3) is 0 Å². The summed E-state index contributed by atoms with van der Waals surface area (Å²) in [6.07, 6.45) is 3.05. The third-order valence-corrected chi connectivity index (χ3v) is 3.45. The summed E-state index contributed by atoms with van der Waals surface area (Å²) in [5, 5.41) is 13.3. The third-order valence-electron chi connectivity index (χ3n) is 2.96. The second kappa shape index (κ2) is 5.38. The summed E-state index contributed by atoms with van der Waals surface area (Å²) >= 11 is 3.42. The molecule has 2 aromatic heterocycles. The fourth-order valence-electron chi connectivity index (χ4n) is 2.03. The maximum absolute atomic E-state index is 9.29. The van der Waals surface area contributed by atoms with E-state index in [-0.39, 0.29) is 0 Å². The van der Waals surface area contributed by atoms with E-state index in [2.05, 4.69) is 37.3 Å². The molecule has 0 aliphatic carbocycles. The van der Waals surface area contributed by atoms with Crippen molar-refractivity contribution in [3.05, 3.63) is 52.8 Å². The van der Waals surface area contributed by atoms with Gasteiger partial charge in [0.2, 0.25) is 0 Å². The van der Waals surface area contributed by atoms with Crippen molar-refractivity contribution < 1.29 is 0 Å². The SMILES string of the molecule is N#Cc1cnc2ncc(N)cc2c1Nc1cccc(Br)c1. The molecule has 0 unspecified atom stereocenters. The van der Waals surface area contributed by atoms with E-state index in [1.807, 2.05) is 24.3 Å². The normalized spacial score (nSPS) is 10.3. The Balaban J connectivity index is 2.19. The molecular formula is C15H10BrN5. The van der Waals surface area contributed by atoms with Crippen LogP contribution in [0.4, 0.5) is 17.1 Å². The first-order valence-corrected chi connectivity index (χ1v) is 6.93. The Labute approximate surface area is 129 Å². The molecule has 0 amide bonds. The molecule has 0 bridgehead atoms. The van der Waals surface area contributed by atoms with Crippen molar-refractivity contribution in [1.29, 1.82) is 5.26 Å². The zero-order valence-electron chi connectivity index (χ0n) is 10.8. The van der Waals surface area contributed by atoms with Gasteiger partial charge in [0, 0.05) is 21.7 Å². The minimum Gasteiger partial charge on any atom is -0.397 e. The quantitative estimate of drug-likeness (QED) is 0.744. The van der Waals surface area contributed by atoms with Crippen molar-refractivity contribution in [2.24, 2.45) is 0 Å². The largest absolute Gasteiger partial charge is 0.397 e. The molecule has 0 aliphatic rings. The van der Waals surface area contributed by atoms with E-state index in [0.29, 0.717) is 28.0 Å². The van der Waals surface area contributed by atoms with Crippen molar-refractivity contribution >= 4 is 44.0 Å². The Morgan fingerprint density at radius 2 is 2.00 bits per heavy atom. The van der Waals surface area contributed by atoms with Gasteiger partial charge in [-0.05, 0) is 24.3 Å². The van der Waals surface area contributed by atoms with Gasteiger partial charge >= 0.3 is 0 Å². The van der Waals surface area contributed by atoms with Crippen LogP contribution in [0.5, 0.6) is 0 Å². The predicted molar refractivity (Wildman–Crippen MR) is 86.1 cm³/mol. The van der Waals surface area contributed by atoms with Crippen LogP contribution < -0.4 is 11.1 Å². The molecule has 0 spiro atoms. The smallest absolute Gasteiger partial charge is 0.161 e. The van der Waals surface area contributed by atoms with Crippen LogP contribution in [-0.4, -0.2) is 9.97 Å². The molecule has 21 heavy (non-hydrogen) atoms. The van der Waals surface area contributed by atoms with Gasteiger partial charge in [-0.25, -0.2) is 9.97 Å². The number of halogens is 1. The first kappa shape index (κ1) is 13.3. The van der Waals surface area contributed by atoms with Gasteiger partial charge in [-0.15, -0.1) is 0 Å². The number of hydrogen-bond acceptors (Lipinski definition) is 5. The Kier molecular flexibility index (Phi) is 3.42. The number of fused-ring (bicyclic) bond motifs is 1. The lowest BCUT2D eigenvalue weighted by molar-refractivity contribution is 1.27. The molecular weight excluding hydrogens is 330 g/mol. The number of benzene rings is 1. The zero-order valence-corrected chi connectivity index (χ0v) is 12.4. The Hall–Kier alpha value is -2.65. The average Bonchev–Trinajstić information content (AvgIpc) is 2.48. The number of pyridine rings is 2. The van der Waals surface area contributed by atoms with Gasteiger partial charge < -0.3 is 11.1 Å². The van der Waals surface area contributed by atoms with Crippen LogP contribution in [0.25, 0.3) is 11.0 Å². The molecule has 5 nitrogen and oxygen atoms in total. The van der Waals surface area contributed by atoms with Crippen LogP contribution >= 0.6 is 15.9 Å². The highest BCUT2D eigenvalue weighted by molar-refractivity contribution is 9.10. The van der Waals surface area contributed by atoms with Crippen LogP contribution in [0.1, 0.15) is 5.56 Å². The van der Waals surface area contributed by atoms with Crippen molar-refractivity contribution in [3.63, 3.8) is 0 Å². The molecule has 1 aromatic carbocycles. The molecule has 0 saturated carbocycles. The topological polar surface area (TPSA) is 87.6 Å². The molecule has 2 heterocycles. The van der Waals surface area contributed by atoms with Crippen molar-refractivity contribution in [2.45, 2.75) is 0 Å². The first-order valence-electron chi connectivity index (χ1n) is 6.14. The fraction of sp³-hybridized carbons (Fsp3) is 0. The lowest BCUT2D eigenvalue weighted by atomic mass is 10.1. The first-order chi connectivity index (χ1) is 10.2. The lowest BCUT2D eigenvalue weighted by Gasteiger charge is -2.11. The van der Waals surface area contributed by atoms with E-state index < -0.39 is 0 Å². The number of nitrogens with zero attached hydrogens (tertiary/aromatic N) is 3. The number of rotatable bonds is 2. The molecule has 0 radical (unpaired) electrons. The van der Waals surface area contributed by atoms with Gasteiger partial charge in [0.05, 0.1) is 23.1 Å². The number of anilines is 3. The summed E-state index contributed by atoms with van der Waals surface area (Å²) in [5.41, 5.74) is 8.81. The molecule has 0 saturated heterocycles. The van der Waals surface area contributed by atoms with E-state index in [0.717, 1.165) is 10.2 Å². The van der Waals surface area contributed by atoms with Crippen LogP contribution in [0.15, 0.2) is 47.2 Å². The molecule has 3 rings (SSSR count). The maximum Gasteiger partial charge on any atom is 0.161 e. The molecule has 0 aliphatic heterocycles. The number of aromatic nitrogens is 2. The van der Waals surface area contributed by atoms with Crippen molar-refractivity contribution in [1.82, 2.24) is 9.97 Å². The van der Waals surface area contributed by atoms with Crippen molar-refractivity contribution in [2.75, 3.05) is 11.1 Å². The van der Waals surface area contributed by atoms with Gasteiger partial charge in [-0.3, -0.25) is 0 Å². The average molecular weight is 340 g/mol. The molecule has 0 atom stereocenters. The summed E-state index contributed by atoms with van der Waals surface area (Å²) < 4.78 is 0.946. The van der Waals surface area contributed by atoms with Gasteiger partial charge in [-0.2, -0.15) is 5.26 Å². The number of nitrogens with two attached hydrogens (primary N) is 1. The zero-order chi connectivity index (χ0) is 14.8. The van der Waals surface area contributed by atoms with Gasteiger partial charge in [0.1, 0.15) is 6.07 Å². The van der Waals surface area contributed by atoms with Crippen LogP contribution in [0, 0.1) is 11.3 Å². The highest BCUT2D eigenvalue weighted by atomic mass is 79.9. The molecule has 6 heteroatoms. The molecule has 0 fully saturated rings. The monoisotopic (exact) mass is 339 g/mol. The number of nitrogen functional groups attached to an aromatic ring is 1. The number of nitrogens with one attached hydrogen (secondary N) is 1. The third kappa shape index (κ3) is 2.64. The lowest BCUT2D eigenvalue weighted by Crippen LogP contribution is -1.99. The van der Waals surface area contributed by atoms with E-state index in [1.54, 1.807) is 12.3 Å². The summed E-state index contributed by atoms with van der Waals surface area (Å²) in [5.74, 6) is 0. The van der Waals surface area contributed by atoms with Gasteiger partial charge in [0.15, 0.2) is 5.65 Å². The number of hydrogen-bond donors (Lipinski definition) is 2. The minimum absolute atomic E-state index is 0.440. The Bertz CT molecular complexity index is 870. The second-order valence-electron chi connectivity index (χ2n) is 4.43. The second-order valence-corrected chi connectivity index (χ2v) is 5.35. The van der Waals surface area contributed by atoms with E-state index in [4.69, 9.17) is 5.73 Å². The highest BCUT2D eigenvalue weighted by Gasteiger charge is 2.10. The van der Waals surface area contributed by atoms with Crippen molar-refractivity contribution in [3.8, 4) is 6.07 Å². The summed E-state index contributed by atoms with van der Waals surface area (Å²) in [7, 11) is 0. The fourth-order valence-corrected chi connectivity index (χ4v) is 2.43. The predicted octanol–water partition coefficient (Wildman–Crippen LogP) is 3.59. The summed E-state index contributed by atoms with van der Waals surface area (Å²) in [4.78, 5) is 8.36. The van der Waals surface area contributed by atoms with Gasteiger partial charge in [-0.1, -0.05) is 22.0 Å². The summed E-state index contributed by atoms with van der Waals surface area (Å²) in [6, 6.07) is 11.6. The van der Waals surface area contributed by atoms with E-state index in [9.17, 15) is 5.26 Å². The van der Waals surface area contributed by atoms with E-state index in [1.165, 1.54) is 6.20 Å². The Morgan fingerprint density at radius 3 is 2.76 bits per heavy atom. The van der Waals surface area contributed by atoms with Crippen LogP contribution in [0.2, 0.25) is 0 Å². The minimum atomic E-state index is 0.440. The summed E-state index contributed by atoms with van der Waals surface area (Å²) in [6.45, 7) is 0. The highest BCUT2D eigenvalue weighted by Crippen LogP contribution is 2.29. The Morgan fingerprint density at radius 1 is 1.19 bits per heavy atom. The maximum atomic E-state index is 9.29. The number of nitriles is 1.